The lowest BCUT2D eigenvalue weighted by atomic mass is 10.1. The molecule has 2 N–H and O–H groups in total. The largest absolute Gasteiger partial charge is 0.481 e. The van der Waals surface area contributed by atoms with Gasteiger partial charge in [0.15, 0.2) is 9.84 Å². The molecule has 6 heteroatoms. The summed E-state index contributed by atoms with van der Waals surface area (Å²) in [4.78, 5) is 10.4. The molecule has 0 fully saturated rings. The van der Waals surface area contributed by atoms with E-state index < -0.39 is 27.2 Å². The first-order chi connectivity index (χ1) is 11.3. The Hall–Kier alpha value is -1.06. The van der Waals surface area contributed by atoms with Crippen LogP contribution in [0, 0.1) is 11.8 Å². The average molecular weight is 361 g/mol. The summed E-state index contributed by atoms with van der Waals surface area (Å²) in [6.45, 7) is 2.09. The minimum atomic E-state index is -3.17. The SMILES string of the molecule is CCCCCC(O)C#CCC(CCCCCCC(=O)O)S(C)(=O)=O. The second-order valence-electron chi connectivity index (χ2n) is 6.33. The first-order valence-corrected chi connectivity index (χ1v) is 10.8. The van der Waals surface area contributed by atoms with Gasteiger partial charge in [-0.3, -0.25) is 4.79 Å². The molecule has 0 aliphatic heterocycles. The fraction of sp³-hybridized carbons (Fsp3) is 0.833. The van der Waals surface area contributed by atoms with Crippen molar-refractivity contribution in [3.63, 3.8) is 0 Å². The second-order valence-corrected chi connectivity index (χ2v) is 8.66. The van der Waals surface area contributed by atoms with E-state index in [0.717, 1.165) is 38.5 Å². The van der Waals surface area contributed by atoms with Gasteiger partial charge in [0.05, 0.1) is 5.25 Å². The topological polar surface area (TPSA) is 91.7 Å². The molecule has 0 saturated carbocycles. The van der Waals surface area contributed by atoms with Gasteiger partial charge in [-0.15, -0.1) is 0 Å². The highest BCUT2D eigenvalue weighted by Crippen LogP contribution is 2.15. The zero-order valence-electron chi connectivity index (χ0n) is 15.0. The maximum absolute atomic E-state index is 11.8. The fourth-order valence-corrected chi connectivity index (χ4v) is 3.40. The predicted molar refractivity (Wildman–Crippen MR) is 96.5 cm³/mol. The number of carboxylic acids is 1. The van der Waals surface area contributed by atoms with Gasteiger partial charge >= 0.3 is 5.97 Å². The van der Waals surface area contributed by atoms with Crippen LogP contribution < -0.4 is 0 Å². The van der Waals surface area contributed by atoms with Crippen LogP contribution in [0.4, 0.5) is 0 Å². The average Bonchev–Trinajstić information content (AvgIpc) is 2.47. The van der Waals surface area contributed by atoms with Gasteiger partial charge in [-0.2, -0.15) is 0 Å². The number of hydrogen-bond acceptors (Lipinski definition) is 4. The third-order valence-corrected chi connectivity index (χ3v) is 5.57. The lowest BCUT2D eigenvalue weighted by Crippen LogP contribution is -2.19. The smallest absolute Gasteiger partial charge is 0.303 e. The van der Waals surface area contributed by atoms with Crippen LogP contribution in [0.5, 0.6) is 0 Å². The summed E-state index contributed by atoms with van der Waals surface area (Å²) in [5.41, 5.74) is 0. The van der Waals surface area contributed by atoms with E-state index in [0.29, 0.717) is 19.3 Å². The molecule has 0 saturated heterocycles. The van der Waals surface area contributed by atoms with Crippen LogP contribution in [0.15, 0.2) is 0 Å². The Kier molecular flexibility index (Phi) is 12.7. The van der Waals surface area contributed by atoms with Gasteiger partial charge in [0, 0.05) is 19.1 Å². The normalized spacial score (nSPS) is 13.8. The number of sulfone groups is 1. The highest BCUT2D eigenvalue weighted by Gasteiger charge is 2.19. The summed E-state index contributed by atoms with van der Waals surface area (Å²) in [5, 5.41) is 17.8. The van der Waals surface area contributed by atoms with Crippen molar-refractivity contribution in [3.05, 3.63) is 0 Å². The minimum absolute atomic E-state index is 0.164. The number of aliphatic hydroxyl groups excluding tert-OH is 1. The van der Waals surface area contributed by atoms with Crippen molar-refractivity contribution in [1.29, 1.82) is 0 Å². The first kappa shape index (κ1) is 22.9. The molecule has 2 atom stereocenters. The second kappa shape index (κ2) is 13.3. The van der Waals surface area contributed by atoms with Gasteiger partial charge in [-0.25, -0.2) is 8.42 Å². The molecule has 24 heavy (non-hydrogen) atoms. The number of carboxylic acid groups (broad SMARTS) is 1. The van der Waals surface area contributed by atoms with E-state index >= 15 is 0 Å². The van der Waals surface area contributed by atoms with Crippen molar-refractivity contribution >= 4 is 15.8 Å². The van der Waals surface area contributed by atoms with Crippen molar-refractivity contribution in [1.82, 2.24) is 0 Å². The molecule has 0 aliphatic rings. The molecule has 2 unspecified atom stereocenters. The summed E-state index contributed by atoms with van der Waals surface area (Å²) in [7, 11) is -3.17. The number of aliphatic carboxylic acids is 1. The maximum Gasteiger partial charge on any atom is 0.303 e. The summed E-state index contributed by atoms with van der Waals surface area (Å²) < 4.78 is 23.6. The van der Waals surface area contributed by atoms with Crippen LogP contribution in [-0.2, 0) is 14.6 Å². The van der Waals surface area contributed by atoms with Crippen LogP contribution in [0.2, 0.25) is 0 Å². The Balaban J connectivity index is 4.18. The molecule has 5 nitrogen and oxygen atoms in total. The maximum atomic E-state index is 11.8. The number of hydrogen-bond donors (Lipinski definition) is 2. The molecular weight excluding hydrogens is 328 g/mol. The van der Waals surface area contributed by atoms with Gasteiger partial charge in [0.2, 0.25) is 0 Å². The van der Waals surface area contributed by atoms with E-state index in [1.54, 1.807) is 0 Å². The third kappa shape index (κ3) is 13.4. The van der Waals surface area contributed by atoms with Crippen molar-refractivity contribution in [2.75, 3.05) is 6.26 Å². The van der Waals surface area contributed by atoms with E-state index in [1.807, 2.05) is 0 Å². The van der Waals surface area contributed by atoms with Gasteiger partial charge < -0.3 is 10.2 Å². The van der Waals surface area contributed by atoms with Crippen LogP contribution in [0.1, 0.15) is 77.6 Å². The zero-order valence-corrected chi connectivity index (χ0v) is 15.8. The van der Waals surface area contributed by atoms with Crippen LogP contribution in [0.3, 0.4) is 0 Å². The molecule has 0 amide bonds. The van der Waals surface area contributed by atoms with Crippen LogP contribution >= 0.6 is 0 Å². The molecule has 0 bridgehead atoms. The van der Waals surface area contributed by atoms with Gasteiger partial charge in [-0.05, 0) is 25.7 Å². The molecule has 0 spiro atoms. The zero-order chi connectivity index (χ0) is 18.4. The molecular formula is C18H32O5S. The van der Waals surface area contributed by atoms with Crippen LogP contribution in [-0.4, -0.2) is 42.2 Å². The number of aliphatic hydroxyl groups is 1. The predicted octanol–water partition coefficient (Wildman–Crippen LogP) is 3.16. The first-order valence-electron chi connectivity index (χ1n) is 8.84. The Labute approximate surface area is 146 Å². The highest BCUT2D eigenvalue weighted by molar-refractivity contribution is 7.91. The number of carbonyl (C=O) groups is 1. The summed E-state index contributed by atoms with van der Waals surface area (Å²) >= 11 is 0. The van der Waals surface area contributed by atoms with Crippen LogP contribution in [0.25, 0.3) is 0 Å². The highest BCUT2D eigenvalue weighted by atomic mass is 32.2. The monoisotopic (exact) mass is 360 g/mol. The van der Waals surface area contributed by atoms with E-state index in [2.05, 4.69) is 18.8 Å². The van der Waals surface area contributed by atoms with Gasteiger partial charge in [-0.1, -0.05) is 50.9 Å². The minimum Gasteiger partial charge on any atom is -0.481 e. The molecule has 0 rings (SSSR count). The van der Waals surface area contributed by atoms with Crippen molar-refractivity contribution in [2.45, 2.75) is 88.9 Å². The Bertz CT molecular complexity index is 501. The quantitative estimate of drug-likeness (QED) is 0.389. The molecule has 0 aliphatic carbocycles. The summed E-state index contributed by atoms with van der Waals surface area (Å²) in [6, 6.07) is 0. The van der Waals surface area contributed by atoms with Crippen molar-refractivity contribution in [3.8, 4) is 11.8 Å². The standard InChI is InChI=1S/C18H32O5S/c1-3-4-7-11-16(19)12-10-14-17(24(2,22)23)13-8-5-6-9-15-18(20)21/h16-17,19H,3-9,11,13-15H2,1-2H3,(H,20,21). The number of rotatable bonds is 13. The van der Waals surface area contributed by atoms with E-state index in [-0.39, 0.29) is 12.8 Å². The molecule has 0 aromatic carbocycles. The van der Waals surface area contributed by atoms with E-state index in [1.165, 1.54) is 6.26 Å². The molecule has 0 radical (unpaired) electrons. The third-order valence-electron chi connectivity index (χ3n) is 3.95. The molecule has 0 heterocycles. The van der Waals surface area contributed by atoms with E-state index in [4.69, 9.17) is 5.11 Å². The van der Waals surface area contributed by atoms with Gasteiger partial charge in [0.25, 0.3) is 0 Å². The molecule has 0 aromatic heterocycles. The summed E-state index contributed by atoms with van der Waals surface area (Å²) in [5.74, 6) is 4.78. The Morgan fingerprint density at radius 2 is 1.67 bits per heavy atom. The lowest BCUT2D eigenvalue weighted by molar-refractivity contribution is -0.137. The van der Waals surface area contributed by atoms with Crippen molar-refractivity contribution < 1.29 is 23.4 Å². The van der Waals surface area contributed by atoms with E-state index in [9.17, 15) is 18.3 Å². The Morgan fingerprint density at radius 3 is 2.25 bits per heavy atom. The Morgan fingerprint density at radius 1 is 1.04 bits per heavy atom. The summed E-state index contributed by atoms with van der Waals surface area (Å²) in [6.07, 6.45) is 8.20. The molecule has 140 valence electrons. The number of unbranched alkanes of at least 4 members (excludes halogenated alkanes) is 5. The molecule has 0 aromatic rings. The fourth-order valence-electron chi connectivity index (χ4n) is 2.42. The van der Waals surface area contributed by atoms with Crippen molar-refractivity contribution in [2.24, 2.45) is 0 Å². The lowest BCUT2D eigenvalue weighted by Gasteiger charge is -2.12. The van der Waals surface area contributed by atoms with Gasteiger partial charge in [0.1, 0.15) is 6.10 Å².